The summed E-state index contributed by atoms with van der Waals surface area (Å²) in [4.78, 5) is 18.3. The summed E-state index contributed by atoms with van der Waals surface area (Å²) in [5, 5.41) is 3.01. The van der Waals surface area contributed by atoms with Gasteiger partial charge in [-0.1, -0.05) is 25.3 Å². The van der Waals surface area contributed by atoms with Crippen molar-refractivity contribution in [2.45, 2.75) is 51.5 Å². The molecule has 0 atom stereocenters. The SMILES string of the molecule is O=C(NCc1cccnc1)N1CCC2(CCCCC2)CC1. The Balaban J connectivity index is 1.46. The van der Waals surface area contributed by atoms with Gasteiger partial charge >= 0.3 is 6.03 Å². The molecule has 0 unspecified atom stereocenters. The summed E-state index contributed by atoms with van der Waals surface area (Å²) in [6.07, 6.45) is 12.8. The Kier molecular flexibility index (Phi) is 4.42. The first-order chi connectivity index (χ1) is 10.3. The minimum Gasteiger partial charge on any atom is -0.334 e. The maximum Gasteiger partial charge on any atom is 0.317 e. The normalized spacial score (nSPS) is 21.2. The molecule has 1 aliphatic heterocycles. The van der Waals surface area contributed by atoms with Crippen molar-refractivity contribution in [2.75, 3.05) is 13.1 Å². The predicted octanol–water partition coefficient (Wildman–Crippen LogP) is 3.34. The van der Waals surface area contributed by atoms with Gasteiger partial charge in [-0.05, 0) is 42.7 Å². The van der Waals surface area contributed by atoms with E-state index in [1.54, 1.807) is 12.4 Å². The van der Waals surface area contributed by atoms with Crippen LogP contribution in [0.5, 0.6) is 0 Å². The van der Waals surface area contributed by atoms with E-state index in [0.29, 0.717) is 12.0 Å². The summed E-state index contributed by atoms with van der Waals surface area (Å²) in [5.74, 6) is 0. The smallest absolute Gasteiger partial charge is 0.317 e. The topological polar surface area (TPSA) is 45.2 Å². The first kappa shape index (κ1) is 14.4. The van der Waals surface area contributed by atoms with Crippen LogP contribution in [0.3, 0.4) is 0 Å². The van der Waals surface area contributed by atoms with E-state index in [0.717, 1.165) is 18.7 Å². The van der Waals surface area contributed by atoms with Gasteiger partial charge in [0.15, 0.2) is 0 Å². The van der Waals surface area contributed by atoms with Gasteiger partial charge in [0.1, 0.15) is 0 Å². The molecule has 2 aliphatic rings. The molecule has 2 heterocycles. The number of hydrogen-bond acceptors (Lipinski definition) is 2. The Labute approximate surface area is 126 Å². The molecule has 1 aromatic heterocycles. The second-order valence-electron chi connectivity index (χ2n) is 6.57. The van der Waals surface area contributed by atoms with Gasteiger partial charge in [0.25, 0.3) is 0 Å². The summed E-state index contributed by atoms with van der Waals surface area (Å²) in [5.41, 5.74) is 1.60. The van der Waals surface area contributed by atoms with Crippen molar-refractivity contribution in [1.82, 2.24) is 15.2 Å². The maximum absolute atomic E-state index is 12.2. The third kappa shape index (κ3) is 3.55. The first-order valence-electron chi connectivity index (χ1n) is 8.19. The number of nitrogens with zero attached hydrogens (tertiary/aromatic N) is 2. The molecule has 0 radical (unpaired) electrons. The number of urea groups is 1. The van der Waals surface area contributed by atoms with Crippen LogP contribution in [0.1, 0.15) is 50.5 Å². The quantitative estimate of drug-likeness (QED) is 0.906. The van der Waals surface area contributed by atoms with Gasteiger partial charge in [0.2, 0.25) is 0 Å². The number of carbonyl (C=O) groups is 1. The van der Waals surface area contributed by atoms with E-state index >= 15 is 0 Å². The number of likely N-dealkylation sites (tertiary alicyclic amines) is 1. The monoisotopic (exact) mass is 287 g/mol. The van der Waals surface area contributed by atoms with Gasteiger partial charge in [-0.3, -0.25) is 4.98 Å². The van der Waals surface area contributed by atoms with Crippen LogP contribution in [0.2, 0.25) is 0 Å². The fraction of sp³-hybridized carbons (Fsp3) is 0.647. The maximum atomic E-state index is 12.2. The zero-order chi connectivity index (χ0) is 14.5. The molecular weight excluding hydrogens is 262 g/mol. The molecule has 1 aromatic rings. The van der Waals surface area contributed by atoms with Crippen molar-refractivity contribution in [2.24, 2.45) is 5.41 Å². The molecule has 1 saturated heterocycles. The van der Waals surface area contributed by atoms with E-state index in [2.05, 4.69) is 10.3 Å². The lowest BCUT2D eigenvalue weighted by molar-refractivity contribution is 0.0811. The number of pyridine rings is 1. The van der Waals surface area contributed by atoms with Gasteiger partial charge in [-0.2, -0.15) is 0 Å². The van der Waals surface area contributed by atoms with Crippen LogP contribution in [-0.4, -0.2) is 29.0 Å². The van der Waals surface area contributed by atoms with E-state index in [1.807, 2.05) is 17.0 Å². The molecule has 4 heteroatoms. The minimum atomic E-state index is 0.0736. The fourth-order valence-corrected chi connectivity index (χ4v) is 3.78. The van der Waals surface area contributed by atoms with E-state index in [-0.39, 0.29) is 6.03 Å². The number of nitrogens with one attached hydrogen (secondary N) is 1. The highest BCUT2D eigenvalue weighted by Crippen LogP contribution is 2.44. The van der Waals surface area contributed by atoms with Crippen molar-refractivity contribution in [3.63, 3.8) is 0 Å². The Hall–Kier alpha value is -1.58. The van der Waals surface area contributed by atoms with Crippen LogP contribution in [0, 0.1) is 5.41 Å². The van der Waals surface area contributed by atoms with Crippen LogP contribution >= 0.6 is 0 Å². The Morgan fingerprint density at radius 3 is 2.62 bits per heavy atom. The van der Waals surface area contributed by atoms with Crippen molar-refractivity contribution >= 4 is 6.03 Å². The fourth-order valence-electron chi connectivity index (χ4n) is 3.78. The van der Waals surface area contributed by atoms with E-state index in [4.69, 9.17) is 0 Å². The van der Waals surface area contributed by atoms with Gasteiger partial charge in [-0.15, -0.1) is 0 Å². The molecule has 1 spiro atoms. The minimum absolute atomic E-state index is 0.0736. The van der Waals surface area contributed by atoms with Crippen molar-refractivity contribution < 1.29 is 4.79 Å². The largest absolute Gasteiger partial charge is 0.334 e. The van der Waals surface area contributed by atoms with Crippen molar-refractivity contribution in [3.05, 3.63) is 30.1 Å². The van der Waals surface area contributed by atoms with Gasteiger partial charge in [0.05, 0.1) is 0 Å². The van der Waals surface area contributed by atoms with Gasteiger partial charge < -0.3 is 10.2 Å². The summed E-state index contributed by atoms with van der Waals surface area (Å²) in [7, 11) is 0. The molecular formula is C17H25N3O. The average molecular weight is 287 g/mol. The van der Waals surface area contributed by atoms with E-state index < -0.39 is 0 Å². The molecule has 4 nitrogen and oxygen atoms in total. The van der Waals surface area contributed by atoms with E-state index in [1.165, 1.54) is 44.9 Å². The number of amides is 2. The molecule has 114 valence electrons. The van der Waals surface area contributed by atoms with Gasteiger partial charge in [-0.25, -0.2) is 4.79 Å². The van der Waals surface area contributed by atoms with Crippen molar-refractivity contribution in [1.29, 1.82) is 0 Å². The van der Waals surface area contributed by atoms with Gasteiger partial charge in [0, 0.05) is 32.0 Å². The molecule has 2 fully saturated rings. The molecule has 21 heavy (non-hydrogen) atoms. The van der Waals surface area contributed by atoms with Crippen LogP contribution in [0.25, 0.3) is 0 Å². The molecule has 3 rings (SSSR count). The molecule has 1 N–H and O–H groups in total. The predicted molar refractivity (Wildman–Crippen MR) is 82.8 cm³/mol. The molecule has 0 aromatic carbocycles. The lowest BCUT2D eigenvalue weighted by Crippen LogP contribution is -2.47. The highest BCUT2D eigenvalue weighted by atomic mass is 16.2. The zero-order valence-corrected chi connectivity index (χ0v) is 12.7. The van der Waals surface area contributed by atoms with E-state index in [9.17, 15) is 4.79 Å². The number of piperidine rings is 1. The highest BCUT2D eigenvalue weighted by Gasteiger charge is 2.36. The third-order valence-electron chi connectivity index (χ3n) is 5.19. The summed E-state index contributed by atoms with van der Waals surface area (Å²) in [6.45, 7) is 2.39. The lowest BCUT2D eigenvalue weighted by atomic mass is 9.68. The summed E-state index contributed by atoms with van der Waals surface area (Å²) >= 11 is 0. The lowest BCUT2D eigenvalue weighted by Gasteiger charge is -2.44. The average Bonchev–Trinajstić information content (AvgIpc) is 2.55. The van der Waals surface area contributed by atoms with Crippen LogP contribution in [0.4, 0.5) is 4.79 Å². The Morgan fingerprint density at radius 2 is 1.95 bits per heavy atom. The van der Waals surface area contributed by atoms with Crippen LogP contribution < -0.4 is 5.32 Å². The molecule has 1 saturated carbocycles. The molecule has 2 amide bonds. The number of aromatic nitrogens is 1. The zero-order valence-electron chi connectivity index (χ0n) is 12.7. The summed E-state index contributed by atoms with van der Waals surface area (Å²) < 4.78 is 0. The standard InChI is InChI=1S/C17H25N3O/c21-16(19-14-15-5-4-10-18-13-15)20-11-8-17(9-12-20)6-2-1-3-7-17/h4-5,10,13H,1-3,6-9,11-12,14H2,(H,19,21). The molecule has 1 aliphatic carbocycles. The van der Waals surface area contributed by atoms with Crippen molar-refractivity contribution in [3.8, 4) is 0 Å². The number of rotatable bonds is 2. The second-order valence-corrected chi connectivity index (χ2v) is 6.57. The highest BCUT2D eigenvalue weighted by molar-refractivity contribution is 5.74. The summed E-state index contributed by atoms with van der Waals surface area (Å²) in [6, 6.07) is 3.96. The number of carbonyl (C=O) groups excluding carboxylic acids is 1. The molecule has 0 bridgehead atoms. The Morgan fingerprint density at radius 1 is 1.19 bits per heavy atom. The first-order valence-corrected chi connectivity index (χ1v) is 8.19. The third-order valence-corrected chi connectivity index (χ3v) is 5.19. The second kappa shape index (κ2) is 6.46. The van der Waals surface area contributed by atoms with Crippen LogP contribution in [0.15, 0.2) is 24.5 Å². The van der Waals surface area contributed by atoms with Crippen LogP contribution in [-0.2, 0) is 6.54 Å². The Bertz CT molecular complexity index is 458. The number of hydrogen-bond donors (Lipinski definition) is 1.